The number of aromatic nitrogens is 1. The Hall–Kier alpha value is -3.20. The number of fused-ring (bicyclic) bond motifs is 1. The summed E-state index contributed by atoms with van der Waals surface area (Å²) in [7, 11) is 1.60. The third kappa shape index (κ3) is 6.62. The number of Topliss-reactive ketones (excluding diaryl/α,β-unsaturated/α-hetero) is 1. The smallest absolute Gasteiger partial charge is 0.273 e. The number of halogens is 1. The molecule has 1 atom stereocenters. The lowest BCUT2D eigenvalue weighted by molar-refractivity contribution is 0.0567. The molecule has 1 saturated heterocycles. The van der Waals surface area contributed by atoms with Gasteiger partial charge in [-0.1, -0.05) is 17.7 Å². The van der Waals surface area contributed by atoms with Gasteiger partial charge >= 0.3 is 0 Å². The Labute approximate surface area is 228 Å². The maximum atomic E-state index is 13.9. The zero-order valence-electron chi connectivity index (χ0n) is 22.0. The van der Waals surface area contributed by atoms with Gasteiger partial charge < -0.3 is 24.4 Å². The second kappa shape index (κ2) is 13.0. The van der Waals surface area contributed by atoms with Crippen LogP contribution in [0.15, 0.2) is 48.5 Å². The van der Waals surface area contributed by atoms with E-state index in [9.17, 15) is 9.59 Å². The number of hydrogen-bond donors (Lipinski definition) is 1. The van der Waals surface area contributed by atoms with Crippen molar-refractivity contribution in [1.82, 2.24) is 15.2 Å². The van der Waals surface area contributed by atoms with Crippen LogP contribution in [-0.2, 0) is 4.74 Å². The van der Waals surface area contributed by atoms with Crippen molar-refractivity contribution in [2.45, 2.75) is 38.8 Å². The van der Waals surface area contributed by atoms with Crippen molar-refractivity contribution in [3.05, 3.63) is 64.8 Å². The summed E-state index contributed by atoms with van der Waals surface area (Å²) in [5.74, 6) is 0.541. The first kappa shape index (κ1) is 27.8. The number of ketones is 1. The average Bonchev–Trinajstić information content (AvgIpc) is 2.92. The molecule has 0 radical (unpaired) electrons. The van der Waals surface area contributed by atoms with E-state index in [1.54, 1.807) is 43.5 Å². The van der Waals surface area contributed by atoms with E-state index in [-0.39, 0.29) is 36.1 Å². The number of nitrogens with zero attached hydrogens (tertiary/aromatic N) is 2. The number of amides is 1. The van der Waals surface area contributed by atoms with E-state index >= 15 is 0 Å². The van der Waals surface area contributed by atoms with Gasteiger partial charge in [-0.2, -0.15) is 0 Å². The maximum Gasteiger partial charge on any atom is 0.273 e. The molecular weight excluding hydrogens is 506 g/mol. The number of benzene rings is 2. The Kier molecular flexibility index (Phi) is 9.55. The highest BCUT2D eigenvalue weighted by atomic mass is 35.5. The molecule has 2 heterocycles. The maximum absolute atomic E-state index is 13.9. The summed E-state index contributed by atoms with van der Waals surface area (Å²) >= 11 is 5.94. The lowest BCUT2D eigenvalue weighted by Gasteiger charge is -2.37. The Morgan fingerprint density at radius 3 is 2.58 bits per heavy atom. The zero-order valence-corrected chi connectivity index (χ0v) is 22.8. The second-order valence-corrected chi connectivity index (χ2v) is 9.96. The third-order valence-electron chi connectivity index (χ3n) is 6.51. The van der Waals surface area contributed by atoms with E-state index in [0.717, 1.165) is 25.9 Å². The molecule has 0 bridgehead atoms. The second-order valence-electron chi connectivity index (χ2n) is 9.52. The summed E-state index contributed by atoms with van der Waals surface area (Å²) < 4.78 is 17.1. The standard InChI is InChI=1S/C29H34ClN3O5/c1-19(2)33(22-6-5-13-31-17-22)29(35)24-16-27(37-15-14-36-3)23-7-4-8-26(28(23)32-24)38-18-25(34)20-9-11-21(30)12-10-20/h4,7-12,16,19,22,31H,5-6,13-15,17-18H2,1-3H3/t22-/m1/s1. The van der Waals surface area contributed by atoms with Crippen molar-refractivity contribution in [1.29, 1.82) is 0 Å². The quantitative estimate of drug-likeness (QED) is 0.277. The lowest BCUT2D eigenvalue weighted by atomic mass is 10.0. The van der Waals surface area contributed by atoms with Crippen LogP contribution < -0.4 is 14.8 Å². The van der Waals surface area contributed by atoms with Crippen LogP contribution >= 0.6 is 11.6 Å². The van der Waals surface area contributed by atoms with Crippen molar-refractivity contribution in [2.24, 2.45) is 0 Å². The first-order valence-corrected chi connectivity index (χ1v) is 13.3. The fraction of sp³-hybridized carbons (Fsp3) is 0.414. The van der Waals surface area contributed by atoms with Crippen LogP contribution in [0, 0.1) is 0 Å². The van der Waals surface area contributed by atoms with Gasteiger partial charge in [0.1, 0.15) is 29.3 Å². The largest absolute Gasteiger partial charge is 0.490 e. The number of pyridine rings is 1. The predicted molar refractivity (Wildman–Crippen MR) is 148 cm³/mol. The molecule has 1 aliphatic rings. The van der Waals surface area contributed by atoms with Crippen LogP contribution in [0.3, 0.4) is 0 Å². The molecule has 38 heavy (non-hydrogen) atoms. The number of piperidine rings is 1. The summed E-state index contributed by atoms with van der Waals surface area (Å²) in [5, 5.41) is 4.63. The number of carbonyl (C=O) groups excluding carboxylic acids is 2. The van der Waals surface area contributed by atoms with E-state index in [1.807, 2.05) is 30.9 Å². The number of rotatable bonds is 11. The number of para-hydroxylation sites is 1. The van der Waals surface area contributed by atoms with Gasteiger partial charge in [0.2, 0.25) is 0 Å². The average molecular weight is 540 g/mol. The number of hydrogen-bond acceptors (Lipinski definition) is 7. The normalized spacial score (nSPS) is 15.4. The van der Waals surface area contributed by atoms with E-state index in [2.05, 4.69) is 5.32 Å². The molecule has 0 unspecified atom stereocenters. The highest BCUT2D eigenvalue weighted by molar-refractivity contribution is 6.30. The highest BCUT2D eigenvalue weighted by Gasteiger charge is 2.30. The number of methoxy groups -OCH3 is 1. The van der Waals surface area contributed by atoms with Gasteiger partial charge in [-0.25, -0.2) is 4.98 Å². The van der Waals surface area contributed by atoms with E-state index in [0.29, 0.717) is 46.2 Å². The SMILES string of the molecule is COCCOc1cc(C(=O)N(C(C)C)[C@@H]2CCCNC2)nc2c(OCC(=O)c3ccc(Cl)cc3)cccc12. The molecule has 2 aromatic carbocycles. The molecule has 0 saturated carbocycles. The van der Waals surface area contributed by atoms with Gasteiger partial charge in [0.25, 0.3) is 5.91 Å². The summed E-state index contributed by atoms with van der Waals surface area (Å²) in [6.07, 6.45) is 1.94. The Morgan fingerprint density at radius 2 is 1.89 bits per heavy atom. The molecule has 1 N–H and O–H groups in total. The molecule has 8 nitrogen and oxygen atoms in total. The Balaban J connectivity index is 1.68. The van der Waals surface area contributed by atoms with Crippen molar-refractivity contribution in [2.75, 3.05) is 40.0 Å². The van der Waals surface area contributed by atoms with Crippen molar-refractivity contribution in [3.63, 3.8) is 0 Å². The molecule has 1 aromatic heterocycles. The molecule has 0 aliphatic carbocycles. The zero-order chi connectivity index (χ0) is 27.1. The van der Waals surface area contributed by atoms with Crippen LogP contribution in [0.2, 0.25) is 5.02 Å². The van der Waals surface area contributed by atoms with Gasteiger partial charge in [0.15, 0.2) is 12.4 Å². The van der Waals surface area contributed by atoms with Gasteiger partial charge in [0.05, 0.1) is 6.61 Å². The number of nitrogens with one attached hydrogen (secondary N) is 1. The minimum Gasteiger partial charge on any atom is -0.490 e. The van der Waals surface area contributed by atoms with E-state index in [4.69, 9.17) is 30.8 Å². The fourth-order valence-electron chi connectivity index (χ4n) is 4.66. The van der Waals surface area contributed by atoms with Gasteiger partial charge in [-0.05, 0) is 69.6 Å². The van der Waals surface area contributed by atoms with Gasteiger partial charge in [-0.3, -0.25) is 9.59 Å². The minimum atomic E-state index is -0.196. The van der Waals surface area contributed by atoms with Gasteiger partial charge in [0, 0.05) is 47.8 Å². The molecule has 1 aliphatic heterocycles. The van der Waals surface area contributed by atoms with Crippen LogP contribution in [0.5, 0.6) is 11.5 Å². The van der Waals surface area contributed by atoms with E-state index < -0.39 is 0 Å². The molecule has 4 rings (SSSR count). The third-order valence-corrected chi connectivity index (χ3v) is 6.76. The number of carbonyl (C=O) groups is 2. The van der Waals surface area contributed by atoms with Gasteiger partial charge in [-0.15, -0.1) is 0 Å². The summed E-state index contributed by atoms with van der Waals surface area (Å²) in [6.45, 7) is 6.25. The minimum absolute atomic E-state index is 0.00810. The van der Waals surface area contributed by atoms with Crippen LogP contribution in [-0.4, -0.2) is 73.7 Å². The molecule has 9 heteroatoms. The van der Waals surface area contributed by atoms with Crippen LogP contribution in [0.1, 0.15) is 47.5 Å². The van der Waals surface area contributed by atoms with Crippen LogP contribution in [0.25, 0.3) is 10.9 Å². The molecule has 3 aromatic rings. The molecule has 1 amide bonds. The van der Waals surface area contributed by atoms with Crippen LogP contribution in [0.4, 0.5) is 0 Å². The van der Waals surface area contributed by atoms with Crippen molar-refractivity contribution >= 4 is 34.2 Å². The predicted octanol–water partition coefficient (Wildman–Crippen LogP) is 4.78. The number of ether oxygens (including phenoxy) is 3. The molecule has 202 valence electrons. The molecule has 0 spiro atoms. The lowest BCUT2D eigenvalue weighted by Crippen LogP contribution is -2.51. The van der Waals surface area contributed by atoms with Crippen molar-refractivity contribution in [3.8, 4) is 11.5 Å². The summed E-state index contributed by atoms with van der Waals surface area (Å²) in [6, 6.07) is 13.8. The summed E-state index contributed by atoms with van der Waals surface area (Å²) in [4.78, 5) is 33.2. The Bertz CT molecular complexity index is 1260. The summed E-state index contributed by atoms with van der Waals surface area (Å²) in [5.41, 5.74) is 1.22. The fourth-order valence-corrected chi connectivity index (χ4v) is 4.79. The first-order valence-electron chi connectivity index (χ1n) is 12.9. The first-order chi connectivity index (χ1) is 18.4. The van der Waals surface area contributed by atoms with E-state index in [1.165, 1.54) is 0 Å². The van der Waals surface area contributed by atoms with Crippen molar-refractivity contribution < 1.29 is 23.8 Å². The Morgan fingerprint density at radius 1 is 1.11 bits per heavy atom. The molecule has 1 fully saturated rings. The monoisotopic (exact) mass is 539 g/mol. The topological polar surface area (TPSA) is 90.0 Å². The highest BCUT2D eigenvalue weighted by Crippen LogP contribution is 2.33. The molecular formula is C29H34ClN3O5.